The van der Waals surface area contributed by atoms with Gasteiger partial charge in [-0.2, -0.15) is 22.7 Å². The molecule has 2 heterocycles. The molecule has 126 valence electrons. The van der Waals surface area contributed by atoms with Crippen molar-refractivity contribution < 1.29 is 8.42 Å². The molecule has 2 aromatic heterocycles. The van der Waals surface area contributed by atoms with Crippen LogP contribution in [-0.2, 0) is 10.0 Å². The summed E-state index contributed by atoms with van der Waals surface area (Å²) in [7, 11) is -3.79. The third-order valence-electron chi connectivity index (χ3n) is 4.12. The first kappa shape index (κ1) is 15.6. The number of rotatable bonds is 3. The van der Waals surface area contributed by atoms with Crippen molar-refractivity contribution in [1.82, 2.24) is 19.4 Å². The van der Waals surface area contributed by atoms with E-state index < -0.39 is 10.0 Å². The number of hydrogen-bond acceptors (Lipinski definition) is 4. The third-order valence-corrected chi connectivity index (χ3v) is 5.73. The highest BCUT2D eigenvalue weighted by molar-refractivity contribution is 7.90. The molecule has 0 spiro atoms. The van der Waals surface area contributed by atoms with Gasteiger partial charge in [-0.3, -0.25) is 5.10 Å². The van der Waals surface area contributed by atoms with E-state index in [4.69, 9.17) is 0 Å². The number of nitrogens with one attached hydrogen (secondary N) is 1. The Labute approximate surface area is 145 Å². The fourth-order valence-corrected chi connectivity index (χ4v) is 4.06. The van der Waals surface area contributed by atoms with E-state index in [1.54, 1.807) is 36.7 Å². The molecule has 0 saturated carbocycles. The van der Waals surface area contributed by atoms with E-state index >= 15 is 0 Å². The number of hydrogen-bond donors (Lipinski definition) is 1. The minimum atomic E-state index is -3.79. The highest BCUT2D eigenvalue weighted by Crippen LogP contribution is 2.30. The zero-order valence-corrected chi connectivity index (χ0v) is 14.6. The van der Waals surface area contributed by atoms with Crippen molar-refractivity contribution in [3.8, 4) is 11.3 Å². The van der Waals surface area contributed by atoms with Gasteiger partial charge in [0, 0.05) is 17.1 Å². The summed E-state index contributed by atoms with van der Waals surface area (Å²) in [6.07, 6.45) is 3.33. The monoisotopic (exact) mass is 352 g/mol. The van der Waals surface area contributed by atoms with Crippen LogP contribution < -0.4 is 0 Å². The molecule has 2 aromatic carbocycles. The van der Waals surface area contributed by atoms with Crippen molar-refractivity contribution in [2.75, 3.05) is 0 Å². The van der Waals surface area contributed by atoms with Crippen LogP contribution in [0.3, 0.4) is 0 Å². The van der Waals surface area contributed by atoms with Crippen LogP contribution in [0.25, 0.3) is 22.2 Å². The summed E-state index contributed by atoms with van der Waals surface area (Å²) in [5.41, 5.74) is 3.84. The molecule has 25 heavy (non-hydrogen) atoms. The van der Waals surface area contributed by atoms with Gasteiger partial charge in [0.25, 0.3) is 10.0 Å². The van der Waals surface area contributed by atoms with E-state index in [2.05, 4.69) is 15.3 Å². The smallest absolute Gasteiger partial charge is 0.283 e. The van der Waals surface area contributed by atoms with Crippen molar-refractivity contribution in [2.24, 2.45) is 0 Å². The molecule has 4 rings (SSSR count). The van der Waals surface area contributed by atoms with E-state index in [-0.39, 0.29) is 4.90 Å². The Hall–Kier alpha value is -2.93. The highest BCUT2D eigenvalue weighted by atomic mass is 32.2. The summed E-state index contributed by atoms with van der Waals surface area (Å²) in [5.74, 6) is 0. The van der Waals surface area contributed by atoms with Crippen LogP contribution in [0.2, 0.25) is 0 Å². The molecule has 6 nitrogen and oxygen atoms in total. The fourth-order valence-electron chi connectivity index (χ4n) is 2.79. The van der Waals surface area contributed by atoms with Gasteiger partial charge in [-0.1, -0.05) is 29.8 Å². The molecule has 4 aromatic rings. The Morgan fingerprint density at radius 1 is 1.00 bits per heavy atom. The zero-order chi connectivity index (χ0) is 17.6. The van der Waals surface area contributed by atoms with Gasteiger partial charge in [0.1, 0.15) is 5.69 Å². The number of aryl methyl sites for hydroxylation is 2. The van der Waals surface area contributed by atoms with E-state index in [0.29, 0.717) is 11.2 Å². The first-order valence-corrected chi connectivity index (χ1v) is 9.21. The van der Waals surface area contributed by atoms with Crippen LogP contribution in [0.5, 0.6) is 0 Å². The van der Waals surface area contributed by atoms with Gasteiger partial charge in [-0.05, 0) is 37.6 Å². The summed E-state index contributed by atoms with van der Waals surface area (Å²) >= 11 is 0. The van der Waals surface area contributed by atoms with Crippen LogP contribution in [0, 0.1) is 13.8 Å². The maximum Gasteiger partial charge on any atom is 0.283 e. The van der Waals surface area contributed by atoms with Gasteiger partial charge >= 0.3 is 0 Å². The molecule has 0 fully saturated rings. The van der Waals surface area contributed by atoms with Crippen LogP contribution in [-0.4, -0.2) is 27.8 Å². The van der Waals surface area contributed by atoms with Crippen molar-refractivity contribution >= 4 is 20.9 Å². The molecule has 1 N–H and O–H groups in total. The van der Waals surface area contributed by atoms with E-state index in [1.807, 2.05) is 32.0 Å². The SMILES string of the molecule is Cc1ccc(S(=O)(=O)n2nc(-c3cn[nH]c3)c3ccc(C)cc32)cc1. The third kappa shape index (κ3) is 2.53. The minimum absolute atomic E-state index is 0.211. The second-order valence-corrected chi connectivity index (χ2v) is 7.78. The van der Waals surface area contributed by atoms with Crippen LogP contribution in [0.15, 0.2) is 59.8 Å². The molecule has 0 aliphatic rings. The number of H-pyrrole nitrogens is 1. The van der Waals surface area contributed by atoms with Gasteiger partial charge in [0.15, 0.2) is 0 Å². The Morgan fingerprint density at radius 3 is 2.40 bits per heavy atom. The predicted octanol–water partition coefficient (Wildman–Crippen LogP) is 3.28. The standard InChI is InChI=1S/C18H16N4O2S/c1-12-3-6-15(7-4-12)25(23,24)22-17-9-13(2)5-8-16(17)18(21-22)14-10-19-20-11-14/h3-11H,1-2H3,(H,19,20). The Kier molecular flexibility index (Phi) is 3.47. The van der Waals surface area contributed by atoms with Gasteiger partial charge in [0.2, 0.25) is 0 Å². The Morgan fingerprint density at radius 2 is 1.72 bits per heavy atom. The normalized spacial score (nSPS) is 11.9. The van der Waals surface area contributed by atoms with Gasteiger partial charge in [0.05, 0.1) is 16.6 Å². The summed E-state index contributed by atoms with van der Waals surface area (Å²) in [6.45, 7) is 3.84. The Balaban J connectivity index is 2.01. The van der Waals surface area contributed by atoms with E-state index in [9.17, 15) is 8.42 Å². The molecular weight excluding hydrogens is 336 g/mol. The first-order valence-electron chi connectivity index (χ1n) is 7.77. The lowest BCUT2D eigenvalue weighted by Gasteiger charge is -2.06. The molecule has 0 unspecified atom stereocenters. The predicted molar refractivity (Wildman–Crippen MR) is 95.8 cm³/mol. The van der Waals surface area contributed by atoms with Gasteiger partial charge < -0.3 is 0 Å². The molecule has 0 saturated heterocycles. The minimum Gasteiger partial charge on any atom is -0.285 e. The average Bonchev–Trinajstić information content (AvgIpc) is 3.22. The number of nitrogens with zero attached hydrogens (tertiary/aromatic N) is 3. The second kappa shape index (κ2) is 5.56. The summed E-state index contributed by atoms with van der Waals surface area (Å²) in [5, 5.41) is 11.9. The van der Waals surface area contributed by atoms with Gasteiger partial charge in [-0.15, -0.1) is 0 Å². The molecule has 0 radical (unpaired) electrons. The molecule has 0 aliphatic carbocycles. The summed E-state index contributed by atoms with van der Waals surface area (Å²) in [4.78, 5) is 0.211. The summed E-state index contributed by atoms with van der Waals surface area (Å²) in [6, 6.07) is 12.4. The van der Waals surface area contributed by atoms with Crippen LogP contribution >= 0.6 is 0 Å². The lowest BCUT2D eigenvalue weighted by atomic mass is 10.1. The second-order valence-electron chi connectivity index (χ2n) is 6.02. The Bertz CT molecular complexity index is 1160. The molecule has 0 atom stereocenters. The van der Waals surface area contributed by atoms with Crippen molar-refractivity contribution in [2.45, 2.75) is 18.7 Å². The number of fused-ring (bicyclic) bond motifs is 1. The van der Waals surface area contributed by atoms with Crippen molar-refractivity contribution in [1.29, 1.82) is 0 Å². The maximum atomic E-state index is 13.1. The van der Waals surface area contributed by atoms with Gasteiger partial charge in [-0.25, -0.2) is 0 Å². The molecule has 0 aliphatic heterocycles. The first-order chi connectivity index (χ1) is 12.0. The lowest BCUT2D eigenvalue weighted by molar-refractivity contribution is 0.582. The maximum absolute atomic E-state index is 13.1. The molecule has 7 heteroatoms. The summed E-state index contributed by atoms with van der Waals surface area (Å²) < 4.78 is 27.4. The number of aromatic amines is 1. The lowest BCUT2D eigenvalue weighted by Crippen LogP contribution is -2.14. The molecule has 0 bridgehead atoms. The molecule has 0 amide bonds. The average molecular weight is 352 g/mol. The van der Waals surface area contributed by atoms with E-state index in [0.717, 1.165) is 26.2 Å². The topological polar surface area (TPSA) is 80.6 Å². The fraction of sp³-hybridized carbons (Fsp3) is 0.111. The van der Waals surface area contributed by atoms with Crippen LogP contribution in [0.4, 0.5) is 0 Å². The number of benzene rings is 2. The zero-order valence-electron chi connectivity index (χ0n) is 13.8. The van der Waals surface area contributed by atoms with E-state index in [1.165, 1.54) is 0 Å². The highest BCUT2D eigenvalue weighted by Gasteiger charge is 2.23. The molecular formula is C18H16N4O2S. The van der Waals surface area contributed by atoms with Crippen LogP contribution in [0.1, 0.15) is 11.1 Å². The van der Waals surface area contributed by atoms with Crippen molar-refractivity contribution in [3.63, 3.8) is 0 Å². The van der Waals surface area contributed by atoms with Crippen molar-refractivity contribution in [3.05, 3.63) is 66.0 Å². The largest absolute Gasteiger partial charge is 0.285 e. The quantitative estimate of drug-likeness (QED) is 0.613. The number of aromatic nitrogens is 4.